The van der Waals surface area contributed by atoms with Gasteiger partial charge >= 0.3 is 0 Å². The monoisotopic (exact) mass is 401 g/mol. The molecule has 2 N–H and O–H groups in total. The van der Waals surface area contributed by atoms with Crippen LogP contribution in [0.3, 0.4) is 0 Å². The zero-order valence-corrected chi connectivity index (χ0v) is 16.6. The number of hydrogen-bond donors (Lipinski definition) is 2. The van der Waals surface area contributed by atoms with Crippen LogP contribution in [0.1, 0.15) is 63.8 Å². The summed E-state index contributed by atoms with van der Waals surface area (Å²) in [7, 11) is 0. The molecule has 0 atom stereocenters. The van der Waals surface area contributed by atoms with Gasteiger partial charge in [-0.1, -0.05) is 19.4 Å². The predicted octanol–water partition coefficient (Wildman–Crippen LogP) is 4.32. The molecule has 0 aliphatic heterocycles. The summed E-state index contributed by atoms with van der Waals surface area (Å²) < 4.78 is 0. The smallest absolute Gasteiger partial charge is 0.270 e. The largest absolute Gasteiger partial charge is 0.352 e. The van der Waals surface area contributed by atoms with Crippen LogP contribution in [0, 0.1) is 10.1 Å². The Morgan fingerprint density at radius 2 is 2.00 bits per heavy atom. The van der Waals surface area contributed by atoms with Gasteiger partial charge in [0.05, 0.1) is 10.5 Å². The quantitative estimate of drug-likeness (QED) is 0.410. The summed E-state index contributed by atoms with van der Waals surface area (Å²) in [4.78, 5) is 37.0. The van der Waals surface area contributed by atoms with Gasteiger partial charge in [-0.2, -0.15) is 0 Å². The molecule has 7 nitrogen and oxygen atoms in total. The third-order valence-corrected chi connectivity index (χ3v) is 5.97. The number of amides is 2. The first-order chi connectivity index (χ1) is 13.5. The Hall–Kier alpha value is -2.74. The van der Waals surface area contributed by atoms with Crippen molar-refractivity contribution < 1.29 is 14.5 Å². The molecule has 1 aliphatic rings. The summed E-state index contributed by atoms with van der Waals surface area (Å²) in [6.45, 7) is 2.65. The predicted molar refractivity (Wildman–Crippen MR) is 109 cm³/mol. The number of nitro groups is 1. The topological polar surface area (TPSA) is 101 Å². The van der Waals surface area contributed by atoms with Crippen molar-refractivity contribution in [3.05, 3.63) is 55.9 Å². The lowest BCUT2D eigenvalue weighted by Gasteiger charge is -2.13. The van der Waals surface area contributed by atoms with Gasteiger partial charge in [0.2, 0.25) is 0 Å². The molecule has 0 saturated carbocycles. The van der Waals surface area contributed by atoms with E-state index >= 15 is 0 Å². The van der Waals surface area contributed by atoms with Crippen LogP contribution in [0.2, 0.25) is 0 Å². The second-order valence-corrected chi connectivity index (χ2v) is 7.89. The lowest BCUT2D eigenvalue weighted by Crippen LogP contribution is -2.26. The molecule has 0 fully saturated rings. The molecular weight excluding hydrogens is 378 g/mol. The number of nitrogens with one attached hydrogen (secondary N) is 2. The number of unbranched alkanes of at least 4 members (excludes halogenated alkanes) is 1. The number of benzene rings is 1. The zero-order chi connectivity index (χ0) is 20.1. The molecule has 8 heteroatoms. The van der Waals surface area contributed by atoms with Crippen molar-refractivity contribution >= 4 is 33.8 Å². The van der Waals surface area contributed by atoms with Crippen LogP contribution >= 0.6 is 11.3 Å². The van der Waals surface area contributed by atoms with Gasteiger partial charge in [-0.15, -0.1) is 11.3 Å². The molecule has 1 heterocycles. The van der Waals surface area contributed by atoms with Crippen molar-refractivity contribution in [2.75, 3.05) is 11.9 Å². The van der Waals surface area contributed by atoms with Crippen LogP contribution < -0.4 is 10.6 Å². The van der Waals surface area contributed by atoms with Crippen LogP contribution in [0.25, 0.3) is 0 Å². The Kier molecular flexibility index (Phi) is 6.41. The molecule has 0 bridgehead atoms. The molecule has 0 spiro atoms. The van der Waals surface area contributed by atoms with Crippen molar-refractivity contribution in [2.24, 2.45) is 0 Å². The van der Waals surface area contributed by atoms with Gasteiger partial charge in [-0.3, -0.25) is 19.7 Å². The number of carbonyl (C=O) groups is 2. The van der Waals surface area contributed by atoms with Crippen molar-refractivity contribution in [2.45, 2.75) is 45.4 Å². The van der Waals surface area contributed by atoms with E-state index in [1.54, 1.807) is 0 Å². The number of non-ortho nitro benzene ring substituents is 1. The van der Waals surface area contributed by atoms with Gasteiger partial charge in [0.1, 0.15) is 5.00 Å². The minimum Gasteiger partial charge on any atom is -0.352 e. The third kappa shape index (κ3) is 4.39. The Balaban J connectivity index is 1.87. The number of aryl methyl sites for hydroxylation is 1. The molecule has 2 amide bonds. The number of hydrogen-bond acceptors (Lipinski definition) is 5. The maximum absolute atomic E-state index is 12.8. The highest BCUT2D eigenvalue weighted by molar-refractivity contribution is 7.17. The molecule has 148 valence electrons. The fourth-order valence-electron chi connectivity index (χ4n) is 3.30. The Morgan fingerprint density at radius 3 is 2.75 bits per heavy atom. The Morgan fingerprint density at radius 1 is 1.21 bits per heavy atom. The Labute approximate surface area is 167 Å². The van der Waals surface area contributed by atoms with E-state index < -0.39 is 10.8 Å². The van der Waals surface area contributed by atoms with Crippen LogP contribution in [0.4, 0.5) is 10.7 Å². The highest BCUT2D eigenvalue weighted by atomic mass is 32.1. The minimum absolute atomic E-state index is 0.143. The first-order valence-electron chi connectivity index (χ1n) is 9.49. The summed E-state index contributed by atoms with van der Waals surface area (Å²) >= 11 is 1.44. The molecule has 28 heavy (non-hydrogen) atoms. The molecule has 3 rings (SSSR count). The highest BCUT2D eigenvalue weighted by Crippen LogP contribution is 2.38. The van der Waals surface area contributed by atoms with Gasteiger partial charge in [-0.05, 0) is 43.7 Å². The number of anilines is 1. The van der Waals surface area contributed by atoms with Gasteiger partial charge < -0.3 is 10.6 Å². The van der Waals surface area contributed by atoms with Gasteiger partial charge in [0, 0.05) is 29.1 Å². The average Bonchev–Trinajstić information content (AvgIpc) is 3.06. The van der Waals surface area contributed by atoms with E-state index in [1.165, 1.54) is 35.6 Å². The fourth-order valence-corrected chi connectivity index (χ4v) is 4.58. The fraction of sp³-hybridized carbons (Fsp3) is 0.400. The molecule has 1 aromatic heterocycles. The molecule has 0 saturated heterocycles. The maximum Gasteiger partial charge on any atom is 0.270 e. The zero-order valence-electron chi connectivity index (χ0n) is 15.7. The summed E-state index contributed by atoms with van der Waals surface area (Å²) in [6.07, 6.45) is 5.71. The van der Waals surface area contributed by atoms with Crippen LogP contribution in [0.5, 0.6) is 0 Å². The highest BCUT2D eigenvalue weighted by Gasteiger charge is 2.26. The van der Waals surface area contributed by atoms with E-state index in [9.17, 15) is 19.7 Å². The van der Waals surface area contributed by atoms with Crippen LogP contribution in [-0.4, -0.2) is 23.3 Å². The molecule has 1 aromatic carbocycles. The number of thiophene rings is 1. The normalized spacial score (nSPS) is 12.9. The minimum atomic E-state index is -0.534. The van der Waals surface area contributed by atoms with Crippen molar-refractivity contribution in [1.29, 1.82) is 0 Å². The molecule has 1 aliphatic carbocycles. The van der Waals surface area contributed by atoms with Crippen molar-refractivity contribution in [1.82, 2.24) is 5.32 Å². The average molecular weight is 401 g/mol. The van der Waals surface area contributed by atoms with E-state index in [0.29, 0.717) is 17.1 Å². The van der Waals surface area contributed by atoms with Crippen LogP contribution in [0.15, 0.2) is 24.3 Å². The standard InChI is InChI=1S/C20H23N3O4S/c1-2-3-11-21-19(25)17-15-9-4-5-10-16(15)28-20(17)22-18(24)13-7-6-8-14(12-13)23(26)27/h6-8,12H,2-5,9-11H2,1H3,(H,21,25)(H,22,24). The molecule has 0 unspecified atom stereocenters. The third-order valence-electron chi connectivity index (χ3n) is 4.76. The number of carbonyl (C=O) groups excluding carboxylic acids is 2. The summed E-state index contributed by atoms with van der Waals surface area (Å²) in [5, 5.41) is 17.2. The summed E-state index contributed by atoms with van der Waals surface area (Å²) in [5.74, 6) is -0.618. The van der Waals surface area contributed by atoms with Gasteiger partial charge in [-0.25, -0.2) is 0 Å². The number of nitro benzene ring substituents is 1. The van der Waals surface area contributed by atoms with E-state index in [1.807, 2.05) is 0 Å². The first kappa shape index (κ1) is 20.0. The summed E-state index contributed by atoms with van der Waals surface area (Å²) in [5.41, 5.74) is 1.63. The number of rotatable bonds is 7. The lowest BCUT2D eigenvalue weighted by molar-refractivity contribution is -0.384. The van der Waals surface area contributed by atoms with Crippen LogP contribution in [-0.2, 0) is 12.8 Å². The lowest BCUT2D eigenvalue weighted by atomic mass is 9.95. The second kappa shape index (κ2) is 8.97. The molecule has 0 radical (unpaired) electrons. The first-order valence-corrected chi connectivity index (χ1v) is 10.3. The molecular formula is C20H23N3O4S. The van der Waals surface area contributed by atoms with E-state index in [2.05, 4.69) is 17.6 Å². The molecule has 2 aromatic rings. The SMILES string of the molecule is CCCCNC(=O)c1c(NC(=O)c2cccc([N+](=O)[O-])c2)sc2c1CCCC2. The van der Waals surface area contributed by atoms with E-state index in [4.69, 9.17) is 0 Å². The van der Waals surface area contributed by atoms with Gasteiger partial charge in [0.15, 0.2) is 0 Å². The van der Waals surface area contributed by atoms with E-state index in [0.717, 1.165) is 49.0 Å². The summed E-state index contributed by atoms with van der Waals surface area (Å²) in [6, 6.07) is 5.58. The number of nitrogens with zero attached hydrogens (tertiary/aromatic N) is 1. The maximum atomic E-state index is 12.8. The van der Waals surface area contributed by atoms with E-state index in [-0.39, 0.29) is 17.2 Å². The van der Waals surface area contributed by atoms with Crippen molar-refractivity contribution in [3.63, 3.8) is 0 Å². The Bertz CT molecular complexity index is 907. The van der Waals surface area contributed by atoms with Gasteiger partial charge in [0.25, 0.3) is 17.5 Å². The number of fused-ring (bicyclic) bond motifs is 1. The van der Waals surface area contributed by atoms with Crippen molar-refractivity contribution in [3.8, 4) is 0 Å². The second-order valence-electron chi connectivity index (χ2n) is 6.79.